The Bertz CT molecular complexity index is 1190. The van der Waals surface area contributed by atoms with Crippen LogP contribution in [0.25, 0.3) is 0 Å². The van der Waals surface area contributed by atoms with Crippen molar-refractivity contribution >= 4 is 35.0 Å². The number of methoxy groups -OCH3 is 1. The summed E-state index contributed by atoms with van der Waals surface area (Å²) >= 11 is 0. The minimum atomic E-state index is -1.15. The summed E-state index contributed by atoms with van der Waals surface area (Å²) in [6.45, 7) is 5.25. The van der Waals surface area contributed by atoms with Gasteiger partial charge in [0.05, 0.1) is 43.2 Å². The molecule has 0 saturated heterocycles. The summed E-state index contributed by atoms with van der Waals surface area (Å²) in [6, 6.07) is 5.17. The fraction of sp³-hybridized carbons (Fsp3) is 0.556. The molecule has 0 bridgehead atoms. The van der Waals surface area contributed by atoms with Crippen molar-refractivity contribution in [2.45, 2.75) is 58.0 Å². The third kappa shape index (κ3) is 5.39. The Morgan fingerprint density at radius 1 is 1.24 bits per heavy atom. The standard InChI is InChI=1S/C27H38N6O5/c1-26(2)14-33(18-8-6-7-9-18)22-20(32(4)24(26)37)13-28-25(30-22)29-19-11-10-17(12-21(19)38-5)23(36)31-27(3,15-34)16-35/h10-13,18,34-35H,6-9,14-16H2,1-5H3,(H,31,36)(H,28,29,30). The quantitative estimate of drug-likeness (QED) is 0.408. The van der Waals surface area contributed by atoms with Gasteiger partial charge in [0, 0.05) is 25.2 Å². The molecule has 0 atom stereocenters. The number of carbonyl (C=O) groups excluding carboxylic acids is 2. The topological polar surface area (TPSA) is 140 Å². The molecular formula is C27H38N6O5. The van der Waals surface area contributed by atoms with Crippen LogP contribution in [-0.2, 0) is 4.79 Å². The van der Waals surface area contributed by atoms with Crippen LogP contribution in [-0.4, -0.2) is 77.5 Å². The Labute approximate surface area is 223 Å². The van der Waals surface area contributed by atoms with Crippen molar-refractivity contribution in [1.82, 2.24) is 15.3 Å². The summed E-state index contributed by atoms with van der Waals surface area (Å²) < 4.78 is 5.52. The highest BCUT2D eigenvalue weighted by Gasteiger charge is 2.41. The van der Waals surface area contributed by atoms with E-state index >= 15 is 0 Å². The number of nitrogens with zero attached hydrogens (tertiary/aromatic N) is 4. The fourth-order valence-electron chi connectivity index (χ4n) is 5.06. The molecule has 2 aromatic rings. The van der Waals surface area contributed by atoms with Crippen molar-refractivity contribution < 1.29 is 24.5 Å². The maximum atomic E-state index is 13.2. The number of amides is 2. The maximum Gasteiger partial charge on any atom is 0.251 e. The zero-order valence-electron chi connectivity index (χ0n) is 22.7. The molecule has 11 nitrogen and oxygen atoms in total. The molecule has 2 aliphatic rings. The Balaban J connectivity index is 1.65. The van der Waals surface area contributed by atoms with Gasteiger partial charge in [-0.25, -0.2) is 4.98 Å². The third-order valence-electron chi connectivity index (χ3n) is 7.42. The van der Waals surface area contributed by atoms with E-state index in [9.17, 15) is 19.8 Å². The summed E-state index contributed by atoms with van der Waals surface area (Å²) in [5.74, 6) is 1.03. The van der Waals surface area contributed by atoms with Gasteiger partial charge in [-0.1, -0.05) is 12.8 Å². The first-order valence-corrected chi connectivity index (χ1v) is 12.9. The molecule has 1 fully saturated rings. The van der Waals surface area contributed by atoms with Gasteiger partial charge in [-0.2, -0.15) is 4.98 Å². The van der Waals surface area contributed by atoms with Gasteiger partial charge in [0.15, 0.2) is 5.82 Å². The number of ether oxygens (including phenoxy) is 1. The average molecular weight is 527 g/mol. The number of anilines is 4. The molecule has 4 N–H and O–H groups in total. The number of aliphatic hydroxyl groups is 2. The molecule has 1 aliphatic carbocycles. The summed E-state index contributed by atoms with van der Waals surface area (Å²) in [6.07, 6.45) is 6.10. The van der Waals surface area contributed by atoms with Gasteiger partial charge < -0.3 is 35.4 Å². The SMILES string of the molecule is COc1cc(C(=O)NC(C)(CO)CO)ccc1Nc1ncc2c(n1)N(C1CCCC1)CC(C)(C)C(=O)N2C. The second-order valence-corrected chi connectivity index (χ2v) is 11.1. The zero-order chi connectivity index (χ0) is 27.7. The minimum absolute atomic E-state index is 0.0255. The molecule has 0 unspecified atom stereocenters. The Hall–Kier alpha value is -3.44. The van der Waals surface area contributed by atoms with Crippen molar-refractivity contribution in [1.29, 1.82) is 0 Å². The average Bonchev–Trinajstić information content (AvgIpc) is 3.43. The van der Waals surface area contributed by atoms with E-state index < -0.39 is 30.1 Å². The van der Waals surface area contributed by atoms with Crippen LogP contribution in [0, 0.1) is 5.41 Å². The van der Waals surface area contributed by atoms with E-state index in [1.807, 2.05) is 13.8 Å². The molecule has 0 spiro atoms. The first-order valence-electron chi connectivity index (χ1n) is 12.9. The summed E-state index contributed by atoms with van der Waals surface area (Å²) in [7, 11) is 3.26. The number of hydrogen-bond donors (Lipinski definition) is 4. The van der Waals surface area contributed by atoms with Gasteiger partial charge in [-0.3, -0.25) is 9.59 Å². The van der Waals surface area contributed by atoms with E-state index in [1.165, 1.54) is 7.11 Å². The van der Waals surface area contributed by atoms with Gasteiger partial charge in [0.25, 0.3) is 5.91 Å². The number of nitrogens with one attached hydrogen (secondary N) is 2. The van der Waals surface area contributed by atoms with Gasteiger partial charge >= 0.3 is 0 Å². The number of benzene rings is 1. The number of fused-ring (bicyclic) bond motifs is 1. The smallest absolute Gasteiger partial charge is 0.251 e. The molecule has 1 aromatic heterocycles. The molecule has 2 heterocycles. The van der Waals surface area contributed by atoms with E-state index in [-0.39, 0.29) is 5.91 Å². The molecule has 1 saturated carbocycles. The number of hydrogen-bond acceptors (Lipinski definition) is 9. The molecule has 4 rings (SSSR count). The fourth-order valence-corrected chi connectivity index (χ4v) is 5.06. The lowest BCUT2D eigenvalue weighted by Gasteiger charge is -2.34. The van der Waals surface area contributed by atoms with Crippen molar-refractivity contribution in [3.05, 3.63) is 30.0 Å². The van der Waals surface area contributed by atoms with Crippen LogP contribution in [0.4, 0.5) is 23.1 Å². The van der Waals surface area contributed by atoms with Crippen molar-refractivity contribution in [3.63, 3.8) is 0 Å². The third-order valence-corrected chi connectivity index (χ3v) is 7.42. The van der Waals surface area contributed by atoms with Gasteiger partial charge in [-0.05, 0) is 51.8 Å². The second kappa shape index (κ2) is 10.7. The second-order valence-electron chi connectivity index (χ2n) is 11.1. The van der Waals surface area contributed by atoms with E-state index in [1.54, 1.807) is 43.3 Å². The van der Waals surface area contributed by atoms with Crippen LogP contribution in [0.2, 0.25) is 0 Å². The zero-order valence-corrected chi connectivity index (χ0v) is 22.7. The van der Waals surface area contributed by atoms with Crippen LogP contribution in [0.3, 0.4) is 0 Å². The minimum Gasteiger partial charge on any atom is -0.495 e. The summed E-state index contributed by atoms with van der Waals surface area (Å²) in [5.41, 5.74) is -0.189. The van der Waals surface area contributed by atoms with E-state index in [4.69, 9.17) is 9.72 Å². The van der Waals surface area contributed by atoms with Crippen LogP contribution in [0.5, 0.6) is 5.75 Å². The predicted molar refractivity (Wildman–Crippen MR) is 145 cm³/mol. The lowest BCUT2D eigenvalue weighted by molar-refractivity contribution is -0.125. The lowest BCUT2D eigenvalue weighted by atomic mass is 9.91. The van der Waals surface area contributed by atoms with Gasteiger partial charge in [0.1, 0.15) is 11.4 Å². The highest BCUT2D eigenvalue weighted by atomic mass is 16.5. The van der Waals surface area contributed by atoms with Crippen LogP contribution in [0.1, 0.15) is 56.8 Å². The van der Waals surface area contributed by atoms with Gasteiger partial charge in [-0.15, -0.1) is 0 Å². The molecule has 2 amide bonds. The maximum absolute atomic E-state index is 13.2. The van der Waals surface area contributed by atoms with Crippen LogP contribution in [0.15, 0.2) is 24.4 Å². The molecule has 11 heteroatoms. The first-order chi connectivity index (χ1) is 18.0. The molecule has 38 heavy (non-hydrogen) atoms. The van der Waals surface area contributed by atoms with Crippen LogP contribution < -0.4 is 25.2 Å². The number of carbonyl (C=O) groups is 2. The lowest BCUT2D eigenvalue weighted by Crippen LogP contribution is -2.51. The predicted octanol–water partition coefficient (Wildman–Crippen LogP) is 2.45. The highest BCUT2D eigenvalue weighted by molar-refractivity contribution is 6.01. The monoisotopic (exact) mass is 526 g/mol. The Morgan fingerprint density at radius 3 is 2.55 bits per heavy atom. The molecule has 1 aromatic carbocycles. The van der Waals surface area contributed by atoms with Crippen molar-refractivity contribution in [3.8, 4) is 5.75 Å². The number of aromatic nitrogens is 2. The highest BCUT2D eigenvalue weighted by Crippen LogP contribution is 2.40. The Morgan fingerprint density at radius 2 is 1.92 bits per heavy atom. The molecule has 206 valence electrons. The Kier molecular flexibility index (Phi) is 7.80. The molecular weight excluding hydrogens is 488 g/mol. The van der Waals surface area contributed by atoms with Crippen LogP contribution >= 0.6 is 0 Å². The number of aliphatic hydroxyl groups excluding tert-OH is 2. The summed E-state index contributed by atoms with van der Waals surface area (Å²) in [4.78, 5) is 39.2. The van der Waals surface area contributed by atoms with Gasteiger partial charge in [0.2, 0.25) is 11.9 Å². The van der Waals surface area contributed by atoms with Crippen molar-refractivity contribution in [2.75, 3.05) is 49.0 Å². The summed E-state index contributed by atoms with van der Waals surface area (Å²) in [5, 5.41) is 24.8. The molecule has 1 aliphatic heterocycles. The normalized spacial score (nSPS) is 17.7. The molecule has 0 radical (unpaired) electrons. The first kappa shape index (κ1) is 27.6. The largest absolute Gasteiger partial charge is 0.495 e. The van der Waals surface area contributed by atoms with Crippen molar-refractivity contribution in [2.24, 2.45) is 5.41 Å². The van der Waals surface area contributed by atoms with E-state index in [0.717, 1.165) is 31.5 Å². The van der Waals surface area contributed by atoms with E-state index in [0.29, 0.717) is 41.2 Å². The van der Waals surface area contributed by atoms with E-state index in [2.05, 4.69) is 20.5 Å². The number of rotatable bonds is 8.